The number of imidazole rings is 1. The van der Waals surface area contributed by atoms with Crippen molar-refractivity contribution in [1.29, 1.82) is 0 Å². The lowest BCUT2D eigenvalue weighted by molar-refractivity contribution is -0.122. The van der Waals surface area contributed by atoms with Crippen molar-refractivity contribution in [2.75, 3.05) is 6.26 Å². The van der Waals surface area contributed by atoms with E-state index in [0.29, 0.717) is 10.9 Å². The SMILES string of the molecule is CS(=O)(=O)c1ccc(-c2nccn2C2C=CCC2)cc1.O=CO. The first-order valence-electron chi connectivity index (χ1n) is 7.05. The summed E-state index contributed by atoms with van der Waals surface area (Å²) in [5, 5.41) is 6.89. The minimum absolute atomic E-state index is 0.250. The number of rotatable bonds is 3. The van der Waals surface area contributed by atoms with Gasteiger partial charge in [0.25, 0.3) is 6.47 Å². The van der Waals surface area contributed by atoms with Gasteiger partial charge in [0.2, 0.25) is 0 Å². The van der Waals surface area contributed by atoms with Crippen molar-refractivity contribution >= 4 is 16.3 Å². The van der Waals surface area contributed by atoms with E-state index >= 15 is 0 Å². The van der Waals surface area contributed by atoms with Crippen LogP contribution in [0.25, 0.3) is 11.4 Å². The third-order valence-electron chi connectivity index (χ3n) is 3.55. The average molecular weight is 334 g/mol. The van der Waals surface area contributed by atoms with E-state index in [0.717, 1.165) is 24.2 Å². The highest BCUT2D eigenvalue weighted by atomic mass is 32.2. The van der Waals surface area contributed by atoms with Gasteiger partial charge in [-0.25, -0.2) is 13.4 Å². The second-order valence-corrected chi connectivity index (χ2v) is 7.15. The molecular formula is C16H18N2O4S. The zero-order chi connectivity index (χ0) is 16.9. The molecule has 0 aliphatic heterocycles. The van der Waals surface area contributed by atoms with E-state index in [-0.39, 0.29) is 6.47 Å². The van der Waals surface area contributed by atoms with Gasteiger partial charge >= 0.3 is 0 Å². The monoisotopic (exact) mass is 334 g/mol. The van der Waals surface area contributed by atoms with Crippen LogP contribution >= 0.6 is 0 Å². The molecule has 1 unspecified atom stereocenters. The van der Waals surface area contributed by atoms with Crippen molar-refractivity contribution in [1.82, 2.24) is 9.55 Å². The Morgan fingerprint density at radius 2 is 1.96 bits per heavy atom. The standard InChI is InChI=1S/C15H16N2O2S.CH2O2/c1-20(18,19)14-8-6-12(7-9-14)15-16-10-11-17(15)13-4-2-3-5-13;2-1-3/h2,4,6-11,13H,3,5H2,1H3;1H,(H,2,3). The van der Waals surface area contributed by atoms with Crippen LogP contribution < -0.4 is 0 Å². The molecule has 6 nitrogen and oxygen atoms in total. The average Bonchev–Trinajstić information content (AvgIpc) is 3.18. The molecule has 0 saturated carbocycles. The van der Waals surface area contributed by atoms with Crippen molar-refractivity contribution in [3.05, 3.63) is 48.8 Å². The van der Waals surface area contributed by atoms with Gasteiger partial charge in [-0.05, 0) is 37.1 Å². The summed E-state index contributed by atoms with van der Waals surface area (Å²) in [5.41, 5.74) is 0.933. The molecule has 1 N–H and O–H groups in total. The number of benzene rings is 1. The Kier molecular flexibility index (Phi) is 5.33. The van der Waals surface area contributed by atoms with Gasteiger partial charge in [0, 0.05) is 24.2 Å². The van der Waals surface area contributed by atoms with E-state index in [9.17, 15) is 8.42 Å². The Morgan fingerprint density at radius 3 is 2.48 bits per heavy atom. The smallest absolute Gasteiger partial charge is 0.290 e. The van der Waals surface area contributed by atoms with E-state index in [4.69, 9.17) is 9.90 Å². The fraction of sp³-hybridized carbons (Fsp3) is 0.250. The lowest BCUT2D eigenvalue weighted by Gasteiger charge is -2.13. The predicted octanol–water partition coefficient (Wildman–Crippen LogP) is 2.55. The van der Waals surface area contributed by atoms with Crippen molar-refractivity contribution < 1.29 is 18.3 Å². The zero-order valence-electron chi connectivity index (χ0n) is 12.7. The van der Waals surface area contributed by atoms with Crippen LogP contribution in [0.4, 0.5) is 0 Å². The second-order valence-electron chi connectivity index (χ2n) is 5.13. The quantitative estimate of drug-likeness (QED) is 0.688. The Hall–Kier alpha value is -2.41. The van der Waals surface area contributed by atoms with Crippen LogP contribution in [0.5, 0.6) is 0 Å². The second kappa shape index (κ2) is 7.23. The molecule has 1 aromatic heterocycles. The third kappa shape index (κ3) is 4.07. The topological polar surface area (TPSA) is 89.3 Å². The molecule has 0 spiro atoms. The van der Waals surface area contributed by atoms with Gasteiger partial charge in [-0.2, -0.15) is 0 Å². The summed E-state index contributed by atoms with van der Waals surface area (Å²) in [6.07, 6.45) is 11.5. The van der Waals surface area contributed by atoms with E-state index in [1.807, 2.05) is 18.3 Å². The van der Waals surface area contributed by atoms with Crippen molar-refractivity contribution in [3.8, 4) is 11.4 Å². The van der Waals surface area contributed by atoms with E-state index in [2.05, 4.69) is 21.7 Å². The maximum absolute atomic E-state index is 11.5. The molecule has 23 heavy (non-hydrogen) atoms. The fourth-order valence-electron chi connectivity index (χ4n) is 2.50. The van der Waals surface area contributed by atoms with Crippen LogP contribution in [0, 0.1) is 0 Å². The van der Waals surface area contributed by atoms with E-state index in [1.165, 1.54) is 6.26 Å². The van der Waals surface area contributed by atoms with Crippen molar-refractivity contribution in [2.24, 2.45) is 0 Å². The molecule has 0 bridgehead atoms. The highest BCUT2D eigenvalue weighted by molar-refractivity contribution is 7.90. The molecule has 2 aromatic rings. The summed E-state index contributed by atoms with van der Waals surface area (Å²) in [5.74, 6) is 0.876. The molecule has 1 aromatic carbocycles. The third-order valence-corrected chi connectivity index (χ3v) is 4.68. The first-order chi connectivity index (χ1) is 11.0. The fourth-order valence-corrected chi connectivity index (χ4v) is 3.13. The molecule has 0 amide bonds. The lowest BCUT2D eigenvalue weighted by atomic mass is 10.2. The van der Waals surface area contributed by atoms with Gasteiger partial charge in [0.1, 0.15) is 5.82 Å². The van der Waals surface area contributed by atoms with Crippen LogP contribution in [0.3, 0.4) is 0 Å². The zero-order valence-corrected chi connectivity index (χ0v) is 13.5. The number of sulfone groups is 1. The Bertz CT molecular complexity index is 792. The first kappa shape index (κ1) is 17.0. The first-order valence-corrected chi connectivity index (χ1v) is 8.94. The molecule has 0 fully saturated rings. The predicted molar refractivity (Wildman–Crippen MR) is 86.9 cm³/mol. The van der Waals surface area contributed by atoms with Gasteiger partial charge in [-0.1, -0.05) is 12.2 Å². The summed E-state index contributed by atoms with van der Waals surface area (Å²) in [4.78, 5) is 13.1. The van der Waals surface area contributed by atoms with Crippen LogP contribution in [-0.4, -0.2) is 35.8 Å². The lowest BCUT2D eigenvalue weighted by Crippen LogP contribution is -2.04. The van der Waals surface area contributed by atoms with Crippen LogP contribution in [0.2, 0.25) is 0 Å². The minimum Gasteiger partial charge on any atom is -0.483 e. The van der Waals surface area contributed by atoms with Gasteiger partial charge in [0.05, 0.1) is 10.9 Å². The number of carbonyl (C=O) groups is 1. The van der Waals surface area contributed by atoms with Crippen molar-refractivity contribution in [3.63, 3.8) is 0 Å². The Morgan fingerprint density at radius 1 is 1.30 bits per heavy atom. The van der Waals surface area contributed by atoms with E-state index < -0.39 is 9.84 Å². The number of hydrogen-bond acceptors (Lipinski definition) is 4. The van der Waals surface area contributed by atoms with Crippen LogP contribution in [-0.2, 0) is 14.6 Å². The highest BCUT2D eigenvalue weighted by Crippen LogP contribution is 2.28. The molecule has 1 atom stereocenters. The minimum atomic E-state index is -3.15. The van der Waals surface area contributed by atoms with Crippen molar-refractivity contribution in [2.45, 2.75) is 23.8 Å². The number of hydrogen-bond donors (Lipinski definition) is 1. The summed E-state index contributed by atoms with van der Waals surface area (Å²) in [7, 11) is -3.15. The summed E-state index contributed by atoms with van der Waals surface area (Å²) in [6, 6.07) is 7.24. The van der Waals surface area contributed by atoms with Gasteiger partial charge in [0.15, 0.2) is 9.84 Å². The van der Waals surface area contributed by atoms with E-state index in [1.54, 1.807) is 18.3 Å². The largest absolute Gasteiger partial charge is 0.483 e. The molecule has 7 heteroatoms. The van der Waals surface area contributed by atoms with Gasteiger partial charge in [-0.15, -0.1) is 0 Å². The van der Waals surface area contributed by atoms with Gasteiger partial charge < -0.3 is 9.67 Å². The summed E-state index contributed by atoms with van der Waals surface area (Å²) >= 11 is 0. The van der Waals surface area contributed by atoms with Gasteiger partial charge in [-0.3, -0.25) is 4.79 Å². The molecule has 122 valence electrons. The highest BCUT2D eigenvalue weighted by Gasteiger charge is 2.16. The van der Waals surface area contributed by atoms with Crippen LogP contribution in [0.15, 0.2) is 53.7 Å². The Labute approximate surface area is 135 Å². The maximum Gasteiger partial charge on any atom is 0.290 e. The Balaban J connectivity index is 0.000000595. The molecule has 1 heterocycles. The molecule has 1 aliphatic rings. The summed E-state index contributed by atoms with van der Waals surface area (Å²) < 4.78 is 25.1. The molecular weight excluding hydrogens is 316 g/mol. The molecule has 3 rings (SSSR count). The number of nitrogens with zero attached hydrogens (tertiary/aromatic N) is 2. The number of allylic oxidation sites excluding steroid dienone is 2. The molecule has 0 saturated heterocycles. The number of carboxylic acid groups (broad SMARTS) is 1. The normalized spacial score (nSPS) is 16.7. The molecule has 1 aliphatic carbocycles. The molecule has 0 radical (unpaired) electrons. The summed E-state index contributed by atoms with van der Waals surface area (Å²) in [6.45, 7) is -0.250. The maximum atomic E-state index is 11.5. The van der Waals surface area contributed by atoms with Crippen LogP contribution in [0.1, 0.15) is 18.9 Å². The number of aromatic nitrogens is 2.